The molecule has 1 aromatic heterocycles. The monoisotopic (exact) mass is 337 g/mol. The van der Waals surface area contributed by atoms with Crippen LogP contribution < -0.4 is 0 Å². The van der Waals surface area contributed by atoms with Gasteiger partial charge in [-0.3, -0.25) is 5.10 Å². The Bertz CT molecular complexity index is 827. The van der Waals surface area contributed by atoms with Gasteiger partial charge in [-0.1, -0.05) is 23.7 Å². The van der Waals surface area contributed by atoms with E-state index in [0.29, 0.717) is 24.5 Å². The Kier molecular flexibility index (Phi) is 3.29. The van der Waals surface area contributed by atoms with Gasteiger partial charge in [0.2, 0.25) is 10.0 Å². The third-order valence-electron chi connectivity index (χ3n) is 4.30. The van der Waals surface area contributed by atoms with Crippen LogP contribution in [-0.2, 0) is 23.0 Å². The van der Waals surface area contributed by atoms with E-state index in [4.69, 9.17) is 11.6 Å². The third kappa shape index (κ3) is 2.35. The molecule has 0 atom stereocenters. The lowest BCUT2D eigenvalue weighted by Crippen LogP contribution is -2.37. The molecule has 0 bridgehead atoms. The molecular formula is C15H16ClN3O2S. The summed E-state index contributed by atoms with van der Waals surface area (Å²) in [6, 6.07) is 7.48. The van der Waals surface area contributed by atoms with Gasteiger partial charge in [-0.15, -0.1) is 0 Å². The Hall–Kier alpha value is -1.37. The number of aromatic nitrogens is 2. The van der Waals surface area contributed by atoms with Crippen LogP contribution in [0.15, 0.2) is 24.3 Å². The Morgan fingerprint density at radius 3 is 2.86 bits per heavy atom. The normalized spacial score (nSPS) is 19.1. The van der Waals surface area contributed by atoms with Gasteiger partial charge in [0, 0.05) is 41.4 Å². The van der Waals surface area contributed by atoms with Gasteiger partial charge in [0.1, 0.15) is 0 Å². The van der Waals surface area contributed by atoms with E-state index >= 15 is 0 Å². The van der Waals surface area contributed by atoms with Crippen LogP contribution in [-0.4, -0.2) is 34.7 Å². The molecule has 0 amide bonds. The number of fused-ring (bicyclic) bond motifs is 1. The molecule has 0 saturated heterocycles. The second-order valence-corrected chi connectivity index (χ2v) is 8.52. The highest BCUT2D eigenvalue weighted by molar-refractivity contribution is 7.90. The zero-order valence-electron chi connectivity index (χ0n) is 11.9. The van der Waals surface area contributed by atoms with E-state index in [1.807, 2.05) is 24.3 Å². The summed E-state index contributed by atoms with van der Waals surface area (Å²) in [5.41, 5.74) is 3.71. The predicted octanol–water partition coefficient (Wildman–Crippen LogP) is 2.58. The van der Waals surface area contributed by atoms with Gasteiger partial charge in [-0.2, -0.15) is 9.40 Å². The van der Waals surface area contributed by atoms with E-state index in [0.717, 1.165) is 35.4 Å². The molecule has 1 aliphatic heterocycles. The largest absolute Gasteiger partial charge is 0.282 e. The average Bonchev–Trinajstić information content (AvgIpc) is 3.27. The molecule has 1 aliphatic carbocycles. The van der Waals surface area contributed by atoms with Gasteiger partial charge < -0.3 is 0 Å². The SMILES string of the molecule is O=S(=O)(C1CC1)N1CCc2[nH]nc(-c3cccc(Cl)c3)c2C1. The minimum absolute atomic E-state index is 0.171. The van der Waals surface area contributed by atoms with Crippen LogP contribution in [0.3, 0.4) is 0 Å². The molecule has 0 radical (unpaired) electrons. The summed E-state index contributed by atoms with van der Waals surface area (Å²) in [5.74, 6) is 0. The number of aromatic amines is 1. The second kappa shape index (κ2) is 5.08. The highest BCUT2D eigenvalue weighted by atomic mass is 35.5. The highest BCUT2D eigenvalue weighted by Gasteiger charge is 2.41. The maximum absolute atomic E-state index is 12.5. The van der Waals surface area contributed by atoms with Gasteiger partial charge >= 0.3 is 0 Å². The summed E-state index contributed by atoms with van der Waals surface area (Å²) in [6.07, 6.45) is 2.26. The molecule has 2 aliphatic rings. The van der Waals surface area contributed by atoms with Crippen molar-refractivity contribution in [1.82, 2.24) is 14.5 Å². The molecule has 116 valence electrons. The lowest BCUT2D eigenvalue weighted by molar-refractivity contribution is 0.389. The zero-order chi connectivity index (χ0) is 15.3. The predicted molar refractivity (Wildman–Crippen MR) is 85.1 cm³/mol. The summed E-state index contributed by atoms with van der Waals surface area (Å²) in [6.45, 7) is 0.926. The minimum Gasteiger partial charge on any atom is -0.282 e. The number of sulfonamides is 1. The average molecular weight is 338 g/mol. The van der Waals surface area contributed by atoms with E-state index in [9.17, 15) is 8.42 Å². The van der Waals surface area contributed by atoms with Gasteiger partial charge in [0.15, 0.2) is 0 Å². The fourth-order valence-corrected chi connectivity index (χ4v) is 4.94. The topological polar surface area (TPSA) is 66.1 Å². The summed E-state index contributed by atoms with van der Waals surface area (Å²) < 4.78 is 26.5. The van der Waals surface area contributed by atoms with Crippen LogP contribution in [0.4, 0.5) is 0 Å². The maximum atomic E-state index is 12.5. The summed E-state index contributed by atoms with van der Waals surface area (Å²) in [7, 11) is -3.15. The van der Waals surface area contributed by atoms with Crippen molar-refractivity contribution in [2.45, 2.75) is 31.1 Å². The lowest BCUT2D eigenvalue weighted by Gasteiger charge is -2.26. The maximum Gasteiger partial charge on any atom is 0.217 e. The molecule has 1 aromatic carbocycles. The van der Waals surface area contributed by atoms with Crippen molar-refractivity contribution < 1.29 is 8.42 Å². The molecule has 0 unspecified atom stereocenters. The summed E-state index contributed by atoms with van der Waals surface area (Å²) in [4.78, 5) is 0. The Morgan fingerprint density at radius 1 is 1.32 bits per heavy atom. The number of hydrogen-bond acceptors (Lipinski definition) is 3. The van der Waals surface area contributed by atoms with Crippen molar-refractivity contribution in [2.75, 3.05) is 6.54 Å². The van der Waals surface area contributed by atoms with Gasteiger partial charge in [0.25, 0.3) is 0 Å². The van der Waals surface area contributed by atoms with E-state index in [1.54, 1.807) is 4.31 Å². The number of halogens is 1. The van der Waals surface area contributed by atoms with E-state index in [-0.39, 0.29) is 5.25 Å². The number of nitrogens with zero attached hydrogens (tertiary/aromatic N) is 2. The molecule has 0 spiro atoms. The lowest BCUT2D eigenvalue weighted by atomic mass is 10.0. The molecule has 7 heteroatoms. The second-order valence-electron chi connectivity index (χ2n) is 5.87. The van der Waals surface area contributed by atoms with Crippen molar-refractivity contribution in [3.8, 4) is 11.3 Å². The molecule has 1 N–H and O–H groups in total. The van der Waals surface area contributed by atoms with Crippen LogP contribution >= 0.6 is 11.6 Å². The van der Waals surface area contributed by atoms with Crippen LogP contribution in [0.1, 0.15) is 24.1 Å². The molecule has 22 heavy (non-hydrogen) atoms. The number of rotatable bonds is 3. The van der Waals surface area contributed by atoms with Gasteiger partial charge in [-0.25, -0.2) is 8.42 Å². The first-order valence-corrected chi connectivity index (χ1v) is 9.25. The number of hydrogen-bond donors (Lipinski definition) is 1. The Morgan fingerprint density at radius 2 is 2.14 bits per heavy atom. The first-order chi connectivity index (χ1) is 10.6. The number of nitrogens with one attached hydrogen (secondary N) is 1. The molecule has 1 fully saturated rings. The summed E-state index contributed by atoms with van der Waals surface area (Å²) >= 11 is 6.05. The van der Waals surface area contributed by atoms with Crippen LogP contribution in [0.2, 0.25) is 5.02 Å². The fourth-order valence-electron chi connectivity index (χ4n) is 2.94. The van der Waals surface area contributed by atoms with Crippen LogP contribution in [0, 0.1) is 0 Å². The molecule has 5 nitrogen and oxygen atoms in total. The first-order valence-electron chi connectivity index (χ1n) is 7.37. The third-order valence-corrected chi connectivity index (χ3v) is 6.88. The van der Waals surface area contributed by atoms with Gasteiger partial charge in [-0.05, 0) is 25.0 Å². The van der Waals surface area contributed by atoms with Crippen molar-refractivity contribution in [1.29, 1.82) is 0 Å². The molecular weight excluding hydrogens is 322 g/mol. The number of H-pyrrole nitrogens is 1. The zero-order valence-corrected chi connectivity index (χ0v) is 13.5. The highest BCUT2D eigenvalue weighted by Crippen LogP contribution is 2.35. The smallest absolute Gasteiger partial charge is 0.217 e. The Balaban J connectivity index is 1.71. The molecule has 4 rings (SSSR count). The van der Waals surface area contributed by atoms with Crippen molar-refractivity contribution in [3.63, 3.8) is 0 Å². The Labute approximate surface area is 134 Å². The van der Waals surface area contributed by atoms with Crippen molar-refractivity contribution in [3.05, 3.63) is 40.5 Å². The fraction of sp³-hybridized carbons (Fsp3) is 0.400. The minimum atomic E-state index is -3.15. The van der Waals surface area contributed by atoms with E-state index in [1.165, 1.54) is 0 Å². The van der Waals surface area contributed by atoms with Gasteiger partial charge in [0.05, 0.1) is 10.9 Å². The van der Waals surface area contributed by atoms with Crippen molar-refractivity contribution in [2.24, 2.45) is 0 Å². The molecule has 2 heterocycles. The quantitative estimate of drug-likeness (QED) is 0.936. The van der Waals surface area contributed by atoms with Crippen molar-refractivity contribution >= 4 is 21.6 Å². The number of benzene rings is 1. The molecule has 2 aromatic rings. The van der Waals surface area contributed by atoms with E-state index < -0.39 is 10.0 Å². The summed E-state index contributed by atoms with van der Waals surface area (Å²) in [5, 5.41) is 7.90. The molecule has 1 saturated carbocycles. The van der Waals surface area contributed by atoms with E-state index in [2.05, 4.69) is 10.2 Å². The standard InChI is InChI=1S/C15H16ClN3O2S/c16-11-3-1-2-10(8-11)15-13-9-19(7-6-14(13)17-18-15)22(20,21)12-4-5-12/h1-3,8,12H,4-7,9H2,(H,17,18). The first kappa shape index (κ1) is 14.2. The van der Waals surface area contributed by atoms with Crippen LogP contribution in [0.25, 0.3) is 11.3 Å². The van der Waals surface area contributed by atoms with Crippen LogP contribution in [0.5, 0.6) is 0 Å².